The molecule has 0 radical (unpaired) electrons. The highest BCUT2D eigenvalue weighted by Gasteiger charge is 2.37. The van der Waals surface area contributed by atoms with Crippen molar-refractivity contribution in [2.45, 2.75) is 37.6 Å². The molecule has 1 N–H and O–H groups in total. The van der Waals surface area contributed by atoms with Crippen LogP contribution >= 0.6 is 0 Å². The molecule has 22 heavy (non-hydrogen) atoms. The van der Waals surface area contributed by atoms with Crippen molar-refractivity contribution in [3.63, 3.8) is 0 Å². The molecule has 3 rings (SSSR count). The summed E-state index contributed by atoms with van der Waals surface area (Å²) >= 11 is 0. The Morgan fingerprint density at radius 2 is 2.05 bits per heavy atom. The SMILES string of the molecule is CCN(CC)S(=O)(=O)c1ccc2c(c1)NC(=O)[C@H]1CCCN21. The van der Waals surface area contributed by atoms with Crippen molar-refractivity contribution in [2.75, 3.05) is 29.9 Å². The zero-order valence-electron chi connectivity index (χ0n) is 12.9. The summed E-state index contributed by atoms with van der Waals surface area (Å²) in [7, 11) is -3.51. The van der Waals surface area contributed by atoms with Crippen LogP contribution in [0.15, 0.2) is 23.1 Å². The first kappa shape index (κ1) is 15.3. The maximum absolute atomic E-state index is 12.6. The van der Waals surface area contributed by atoms with E-state index in [1.165, 1.54) is 4.31 Å². The Hall–Kier alpha value is -1.60. The van der Waals surface area contributed by atoms with Gasteiger partial charge in [-0.25, -0.2) is 8.42 Å². The van der Waals surface area contributed by atoms with Gasteiger partial charge in [0.25, 0.3) is 0 Å². The molecule has 0 aliphatic carbocycles. The van der Waals surface area contributed by atoms with Crippen LogP contribution in [0.3, 0.4) is 0 Å². The predicted molar refractivity (Wildman–Crippen MR) is 85.5 cm³/mol. The number of amides is 1. The average molecular weight is 323 g/mol. The fraction of sp³-hybridized carbons (Fsp3) is 0.533. The van der Waals surface area contributed by atoms with Gasteiger partial charge in [0.2, 0.25) is 15.9 Å². The third kappa shape index (κ3) is 2.28. The third-order valence-corrected chi connectivity index (χ3v) is 6.48. The Labute approximate surface area is 131 Å². The van der Waals surface area contributed by atoms with E-state index in [2.05, 4.69) is 10.2 Å². The monoisotopic (exact) mass is 323 g/mol. The van der Waals surface area contributed by atoms with Crippen LogP contribution in [-0.4, -0.2) is 44.3 Å². The second kappa shape index (κ2) is 5.55. The lowest BCUT2D eigenvalue weighted by Crippen LogP contribution is -2.44. The van der Waals surface area contributed by atoms with Crippen LogP contribution in [0.5, 0.6) is 0 Å². The van der Waals surface area contributed by atoms with Crippen LogP contribution in [0.4, 0.5) is 11.4 Å². The molecular formula is C15H21N3O3S. The molecule has 2 aliphatic rings. The van der Waals surface area contributed by atoms with Gasteiger partial charge in [-0.1, -0.05) is 13.8 Å². The van der Waals surface area contributed by atoms with Crippen molar-refractivity contribution in [3.05, 3.63) is 18.2 Å². The summed E-state index contributed by atoms with van der Waals surface area (Å²) < 4.78 is 26.6. The molecule has 0 spiro atoms. The molecule has 1 aromatic carbocycles. The van der Waals surface area contributed by atoms with Gasteiger partial charge in [-0.2, -0.15) is 4.31 Å². The molecule has 2 aliphatic heterocycles. The summed E-state index contributed by atoms with van der Waals surface area (Å²) in [5.74, 6) is -0.0395. The van der Waals surface area contributed by atoms with Gasteiger partial charge < -0.3 is 10.2 Å². The predicted octanol–water partition coefficient (Wildman–Crippen LogP) is 1.64. The highest BCUT2D eigenvalue weighted by molar-refractivity contribution is 7.89. The number of nitrogens with one attached hydrogen (secondary N) is 1. The van der Waals surface area contributed by atoms with Crippen LogP contribution in [-0.2, 0) is 14.8 Å². The Kier molecular flexibility index (Phi) is 3.86. The van der Waals surface area contributed by atoms with Gasteiger partial charge in [-0.15, -0.1) is 0 Å². The number of nitrogens with zero attached hydrogens (tertiary/aromatic N) is 2. The Bertz CT molecular complexity index is 698. The quantitative estimate of drug-likeness (QED) is 0.914. The zero-order chi connectivity index (χ0) is 15.9. The minimum atomic E-state index is -3.51. The zero-order valence-corrected chi connectivity index (χ0v) is 13.7. The largest absolute Gasteiger partial charge is 0.358 e. The first-order valence-electron chi connectivity index (χ1n) is 7.70. The molecule has 2 heterocycles. The second-order valence-corrected chi connectivity index (χ2v) is 7.55. The number of benzene rings is 1. The average Bonchev–Trinajstić information content (AvgIpc) is 2.98. The Morgan fingerprint density at radius 3 is 2.73 bits per heavy atom. The molecule has 1 fully saturated rings. The van der Waals surface area contributed by atoms with E-state index in [0.29, 0.717) is 18.8 Å². The van der Waals surface area contributed by atoms with Crippen molar-refractivity contribution in [2.24, 2.45) is 0 Å². The number of rotatable bonds is 4. The molecule has 1 amide bonds. The number of carbonyl (C=O) groups excluding carboxylic acids is 1. The van der Waals surface area contributed by atoms with Crippen LogP contribution in [0.1, 0.15) is 26.7 Å². The smallest absolute Gasteiger partial charge is 0.247 e. The molecule has 7 heteroatoms. The summed E-state index contributed by atoms with van der Waals surface area (Å²) in [5, 5.41) is 2.86. The molecule has 120 valence electrons. The van der Waals surface area contributed by atoms with E-state index in [1.54, 1.807) is 12.1 Å². The standard InChI is InChI=1S/C15H21N3O3S/c1-3-17(4-2)22(20,21)11-7-8-13-12(10-11)16-15(19)14-6-5-9-18(13)14/h7-8,10,14H,3-6,9H2,1-2H3,(H,16,19)/t14-/m1/s1. The van der Waals surface area contributed by atoms with Gasteiger partial charge >= 0.3 is 0 Å². The molecule has 1 aromatic rings. The molecule has 6 nitrogen and oxygen atoms in total. The third-order valence-electron chi connectivity index (χ3n) is 4.43. The highest BCUT2D eigenvalue weighted by Crippen LogP contribution is 2.38. The van der Waals surface area contributed by atoms with Crippen LogP contribution in [0, 0.1) is 0 Å². The number of carbonyl (C=O) groups is 1. The minimum Gasteiger partial charge on any atom is -0.358 e. The topological polar surface area (TPSA) is 69.7 Å². The van der Waals surface area contributed by atoms with E-state index in [9.17, 15) is 13.2 Å². The van der Waals surface area contributed by atoms with E-state index >= 15 is 0 Å². The molecule has 1 saturated heterocycles. The molecule has 0 saturated carbocycles. The summed E-state index contributed by atoms with van der Waals surface area (Å²) in [6.07, 6.45) is 1.84. The van der Waals surface area contributed by atoms with Crippen molar-refractivity contribution < 1.29 is 13.2 Å². The van der Waals surface area contributed by atoms with Crippen molar-refractivity contribution in [1.82, 2.24) is 4.31 Å². The van der Waals surface area contributed by atoms with Crippen molar-refractivity contribution >= 4 is 27.3 Å². The normalized spacial score (nSPS) is 20.8. The van der Waals surface area contributed by atoms with E-state index in [1.807, 2.05) is 19.9 Å². The van der Waals surface area contributed by atoms with Gasteiger partial charge in [-0.05, 0) is 31.0 Å². The number of hydrogen-bond acceptors (Lipinski definition) is 4. The fourth-order valence-electron chi connectivity index (χ4n) is 3.28. The number of hydrogen-bond donors (Lipinski definition) is 1. The molecule has 0 bridgehead atoms. The second-order valence-electron chi connectivity index (χ2n) is 5.61. The van der Waals surface area contributed by atoms with Gasteiger partial charge in [0.15, 0.2) is 0 Å². The summed E-state index contributed by atoms with van der Waals surface area (Å²) in [4.78, 5) is 14.4. The maximum Gasteiger partial charge on any atom is 0.247 e. The molecule has 0 aromatic heterocycles. The van der Waals surface area contributed by atoms with Gasteiger partial charge in [-0.3, -0.25) is 4.79 Å². The fourth-order valence-corrected chi connectivity index (χ4v) is 4.77. The first-order valence-corrected chi connectivity index (χ1v) is 9.14. The van der Waals surface area contributed by atoms with Crippen molar-refractivity contribution in [1.29, 1.82) is 0 Å². The Morgan fingerprint density at radius 1 is 1.32 bits per heavy atom. The van der Waals surface area contributed by atoms with Crippen molar-refractivity contribution in [3.8, 4) is 0 Å². The summed E-state index contributed by atoms with van der Waals surface area (Å²) in [6.45, 7) is 5.33. The highest BCUT2D eigenvalue weighted by atomic mass is 32.2. The van der Waals surface area contributed by atoms with Crippen LogP contribution in [0.2, 0.25) is 0 Å². The number of sulfonamides is 1. The lowest BCUT2D eigenvalue weighted by Gasteiger charge is -2.33. The molecule has 1 atom stereocenters. The van der Waals surface area contributed by atoms with Gasteiger partial charge in [0.1, 0.15) is 6.04 Å². The Balaban J connectivity index is 2.02. The van der Waals surface area contributed by atoms with Gasteiger partial charge in [0, 0.05) is 19.6 Å². The molecular weight excluding hydrogens is 302 g/mol. The van der Waals surface area contributed by atoms with Crippen LogP contribution < -0.4 is 10.2 Å². The van der Waals surface area contributed by atoms with E-state index in [0.717, 1.165) is 25.1 Å². The summed E-state index contributed by atoms with van der Waals surface area (Å²) in [6, 6.07) is 4.91. The minimum absolute atomic E-state index is 0.0395. The molecule has 0 unspecified atom stereocenters. The number of fused-ring (bicyclic) bond motifs is 3. The van der Waals surface area contributed by atoms with Gasteiger partial charge in [0.05, 0.1) is 16.3 Å². The lowest BCUT2D eigenvalue weighted by atomic mass is 10.1. The van der Waals surface area contributed by atoms with Crippen LogP contribution in [0.25, 0.3) is 0 Å². The van der Waals surface area contributed by atoms with E-state index < -0.39 is 10.0 Å². The summed E-state index contributed by atoms with van der Waals surface area (Å²) in [5.41, 5.74) is 1.51. The first-order chi connectivity index (χ1) is 10.5. The van der Waals surface area contributed by atoms with E-state index in [4.69, 9.17) is 0 Å². The maximum atomic E-state index is 12.6. The van der Waals surface area contributed by atoms with E-state index in [-0.39, 0.29) is 16.8 Å². The lowest BCUT2D eigenvalue weighted by molar-refractivity contribution is -0.117. The number of anilines is 2.